The number of carboxylic acid groups (broad SMARTS) is 2. The van der Waals surface area contributed by atoms with Gasteiger partial charge in [-0.3, -0.25) is 0 Å². The molecule has 0 fully saturated rings. The second-order valence-electron chi connectivity index (χ2n) is 2.58. The van der Waals surface area contributed by atoms with Crippen molar-refractivity contribution in [2.24, 2.45) is 0 Å². The molecule has 0 bridgehead atoms. The molecule has 0 N–H and O–H groups in total. The molecule has 0 aliphatic rings. The molecule has 0 saturated carbocycles. The van der Waals surface area contributed by atoms with Crippen molar-refractivity contribution in [3.05, 3.63) is 29.0 Å². The number of carbonyl (C=O) groups excluding carboxylic acids is 2. The number of carboxylic acids is 2. The Balaban J connectivity index is 0. The predicted octanol–water partition coefficient (Wildman–Crippen LogP) is -4.53. The Kier molecular flexibility index (Phi) is 13.4. The molecule has 0 aliphatic carbocycles. The van der Waals surface area contributed by atoms with Crippen LogP contribution in [0.1, 0.15) is 20.7 Å². The van der Waals surface area contributed by atoms with Crippen molar-refractivity contribution in [3.63, 3.8) is 0 Å². The van der Waals surface area contributed by atoms with Crippen LogP contribution in [0.3, 0.4) is 0 Å². The van der Waals surface area contributed by atoms with Gasteiger partial charge in [-0.25, -0.2) is 0 Å². The molecule has 0 saturated heterocycles. The Morgan fingerprint density at radius 2 is 0.833 bits per heavy atom. The molecule has 0 radical (unpaired) electrons. The number of hydrogen-bond donors (Lipinski definition) is 0. The maximum atomic E-state index is 10.9. The number of rotatable bonds is 2. The van der Waals surface area contributed by atoms with Crippen molar-refractivity contribution < 1.29 is 123 Å². The second-order valence-corrected chi connectivity index (χ2v) is 5.75. The summed E-state index contributed by atoms with van der Waals surface area (Å²) in [5.41, 5.74) is -0.382. The average molecular weight is 558 g/mol. The number of benzene rings is 1. The van der Waals surface area contributed by atoms with Crippen LogP contribution in [0.5, 0.6) is 0 Å². The molecular weight excluding hydrogens is 558 g/mol. The van der Waals surface area contributed by atoms with Gasteiger partial charge in [0.15, 0.2) is 0 Å². The molecule has 0 aliphatic heterocycles. The number of aromatic carboxylic acids is 2. The van der Waals surface area contributed by atoms with Crippen LogP contribution in [0.2, 0.25) is 0 Å². The van der Waals surface area contributed by atoms with E-state index in [1.54, 1.807) is 0 Å². The van der Waals surface area contributed by atoms with Crippen LogP contribution in [0.4, 0.5) is 0 Å². The Bertz CT molecular complexity index is 432. The molecule has 1 aromatic rings. The zero-order valence-electron chi connectivity index (χ0n) is 9.14. The van der Waals surface area contributed by atoms with Gasteiger partial charge < -0.3 is 19.8 Å². The van der Waals surface area contributed by atoms with Crippen molar-refractivity contribution >= 4 is 75.7 Å². The van der Waals surface area contributed by atoms with Gasteiger partial charge in [-0.1, -0.05) is 0 Å². The number of hydrogen-bond acceptors (Lipinski definition) is 4. The fourth-order valence-electron chi connectivity index (χ4n) is 0.990. The summed E-state index contributed by atoms with van der Waals surface area (Å²) in [5.74, 6) is -2.88. The van der Waals surface area contributed by atoms with E-state index < -0.39 is 11.9 Å². The molecule has 86 valence electrons. The molecule has 18 heavy (non-hydrogen) atoms. The quantitative estimate of drug-likeness (QED) is 0.271. The monoisotopic (exact) mass is 554 g/mol. The molecule has 0 atom stereocenters. The third-order valence-electron chi connectivity index (χ3n) is 1.67. The predicted molar refractivity (Wildman–Crippen MR) is 65.9 cm³/mol. The molecule has 4 nitrogen and oxygen atoms in total. The summed E-state index contributed by atoms with van der Waals surface area (Å²) in [6.07, 6.45) is 0. The minimum absolute atomic E-state index is 0. The first-order valence-electron chi connectivity index (χ1n) is 3.57. The molecule has 1 aromatic carbocycles. The Hall–Kier alpha value is 3.35. The first kappa shape index (κ1) is 23.6. The molecular formula is C8Br4K2O4. The topological polar surface area (TPSA) is 80.3 Å². The van der Waals surface area contributed by atoms with Gasteiger partial charge in [-0.05, 0) is 63.7 Å². The van der Waals surface area contributed by atoms with Gasteiger partial charge in [0, 0.05) is 29.0 Å². The molecule has 10 heteroatoms. The van der Waals surface area contributed by atoms with Crippen LogP contribution >= 0.6 is 63.7 Å². The second kappa shape index (κ2) is 10.2. The van der Waals surface area contributed by atoms with Crippen LogP contribution in [0.15, 0.2) is 17.9 Å². The van der Waals surface area contributed by atoms with E-state index in [0.717, 1.165) is 0 Å². The van der Waals surface area contributed by atoms with E-state index in [1.807, 2.05) is 0 Å². The van der Waals surface area contributed by atoms with E-state index in [1.165, 1.54) is 0 Å². The van der Waals surface area contributed by atoms with Gasteiger partial charge in [0.1, 0.15) is 0 Å². The smallest absolute Gasteiger partial charge is 0.545 e. The summed E-state index contributed by atoms with van der Waals surface area (Å²) in [7, 11) is 0. The average Bonchev–Trinajstić information content (AvgIpc) is 2.14. The van der Waals surface area contributed by atoms with Crippen LogP contribution in [0.25, 0.3) is 0 Å². The van der Waals surface area contributed by atoms with Crippen molar-refractivity contribution in [3.8, 4) is 0 Å². The van der Waals surface area contributed by atoms with Crippen LogP contribution in [-0.4, -0.2) is 11.9 Å². The zero-order chi connectivity index (χ0) is 12.6. The maximum absolute atomic E-state index is 10.9. The van der Waals surface area contributed by atoms with Crippen molar-refractivity contribution in [1.29, 1.82) is 0 Å². The van der Waals surface area contributed by atoms with E-state index in [9.17, 15) is 19.8 Å². The number of halogens is 4. The normalized spacial score (nSPS) is 9.11. The van der Waals surface area contributed by atoms with Gasteiger partial charge in [-0.2, -0.15) is 0 Å². The van der Waals surface area contributed by atoms with Crippen LogP contribution < -0.4 is 113 Å². The van der Waals surface area contributed by atoms with Crippen molar-refractivity contribution in [2.45, 2.75) is 0 Å². The minimum Gasteiger partial charge on any atom is -0.545 e. The molecule has 0 unspecified atom stereocenters. The van der Waals surface area contributed by atoms with Gasteiger partial charge in [0.05, 0.1) is 11.9 Å². The fourth-order valence-corrected chi connectivity index (χ4v) is 3.76. The Morgan fingerprint density at radius 3 is 0.944 bits per heavy atom. The van der Waals surface area contributed by atoms with Gasteiger partial charge in [0.2, 0.25) is 0 Å². The van der Waals surface area contributed by atoms with E-state index in [2.05, 4.69) is 63.7 Å². The maximum Gasteiger partial charge on any atom is 1.00 e. The summed E-state index contributed by atoms with van der Waals surface area (Å²) in [5, 5.41) is 21.7. The van der Waals surface area contributed by atoms with Gasteiger partial charge in [-0.15, -0.1) is 0 Å². The summed E-state index contributed by atoms with van der Waals surface area (Å²) < 4.78 is 0.284. The molecule has 0 amide bonds. The van der Waals surface area contributed by atoms with E-state index >= 15 is 0 Å². The summed E-state index contributed by atoms with van der Waals surface area (Å²) in [4.78, 5) is 21.7. The number of carbonyl (C=O) groups is 2. The molecule has 1 rings (SSSR count). The Labute approximate surface area is 221 Å². The van der Waals surface area contributed by atoms with Crippen LogP contribution in [0, 0.1) is 0 Å². The third-order valence-corrected chi connectivity index (χ3v) is 5.91. The minimum atomic E-state index is -1.44. The van der Waals surface area contributed by atoms with Gasteiger partial charge >= 0.3 is 103 Å². The van der Waals surface area contributed by atoms with E-state index in [0.29, 0.717) is 0 Å². The molecule has 0 aromatic heterocycles. The van der Waals surface area contributed by atoms with Crippen LogP contribution in [-0.2, 0) is 0 Å². The summed E-state index contributed by atoms with van der Waals surface area (Å²) in [6.45, 7) is 0. The summed E-state index contributed by atoms with van der Waals surface area (Å²) >= 11 is 11.9. The standard InChI is InChI=1S/C8H2Br4O4.2K/c9-3-1(7(13)14)4(10)6(12)2(5(3)11)8(15)16;;/h(H,13,14)(H,15,16);;/q;2*+1/p-2. The SMILES string of the molecule is O=C([O-])c1c(Br)c(Br)c(C(=O)[O-])c(Br)c1Br.[K+].[K+]. The molecule has 0 heterocycles. The molecule has 0 spiro atoms. The van der Waals surface area contributed by atoms with E-state index in [-0.39, 0.29) is 132 Å². The summed E-state index contributed by atoms with van der Waals surface area (Å²) in [6, 6.07) is 0. The van der Waals surface area contributed by atoms with Crippen molar-refractivity contribution in [1.82, 2.24) is 0 Å². The first-order valence-corrected chi connectivity index (χ1v) is 6.74. The third kappa shape index (κ3) is 5.22. The van der Waals surface area contributed by atoms with Gasteiger partial charge in [0.25, 0.3) is 0 Å². The van der Waals surface area contributed by atoms with E-state index in [4.69, 9.17) is 0 Å². The Morgan fingerprint density at radius 1 is 0.667 bits per heavy atom. The fraction of sp³-hybridized carbons (Fsp3) is 0. The van der Waals surface area contributed by atoms with Crippen molar-refractivity contribution in [2.75, 3.05) is 0 Å². The largest absolute Gasteiger partial charge is 1.00 e. The first-order chi connectivity index (χ1) is 7.29. The zero-order valence-corrected chi connectivity index (χ0v) is 21.7.